The summed E-state index contributed by atoms with van der Waals surface area (Å²) in [6, 6.07) is 0. The Hall–Kier alpha value is -0.170. The average molecular weight is 615 g/mol. The van der Waals surface area contributed by atoms with Gasteiger partial charge in [-0.3, -0.25) is 4.57 Å². The highest BCUT2D eigenvalue weighted by atomic mass is 31.1. The van der Waals surface area contributed by atoms with Crippen molar-refractivity contribution in [2.24, 2.45) is 0 Å². The van der Waals surface area contributed by atoms with E-state index in [0.29, 0.717) is 33.0 Å². The van der Waals surface area contributed by atoms with Crippen LogP contribution in [0, 0.1) is 0 Å². The summed E-state index contributed by atoms with van der Waals surface area (Å²) in [7, 11) is -3.28. The van der Waals surface area contributed by atoms with Gasteiger partial charge < -0.3 is 47.7 Å². The van der Waals surface area contributed by atoms with E-state index in [-0.39, 0.29) is 13.2 Å². The molecule has 1 saturated heterocycles. The van der Waals surface area contributed by atoms with Crippen molar-refractivity contribution in [1.29, 1.82) is 0 Å². The predicted molar refractivity (Wildman–Crippen MR) is 157 cm³/mol. The van der Waals surface area contributed by atoms with Crippen LogP contribution in [0.1, 0.15) is 98.8 Å². The second kappa shape index (κ2) is 25.2. The van der Waals surface area contributed by atoms with Crippen molar-refractivity contribution in [2.75, 3.05) is 46.2 Å². The molecule has 8 atom stereocenters. The molecular formula is C29H59O11P. The van der Waals surface area contributed by atoms with Crippen molar-refractivity contribution in [3.05, 3.63) is 0 Å². The van der Waals surface area contributed by atoms with Gasteiger partial charge in [0.2, 0.25) is 0 Å². The van der Waals surface area contributed by atoms with Gasteiger partial charge in [0.05, 0.1) is 13.2 Å². The van der Waals surface area contributed by atoms with Crippen LogP contribution in [-0.4, -0.2) is 99.3 Å². The van der Waals surface area contributed by atoms with Crippen LogP contribution in [0.25, 0.3) is 0 Å². The fourth-order valence-electron chi connectivity index (χ4n) is 4.19. The molecule has 0 spiro atoms. The molecule has 2 N–H and O–H groups in total. The summed E-state index contributed by atoms with van der Waals surface area (Å²) in [6.45, 7) is 12.8. The van der Waals surface area contributed by atoms with Crippen LogP contribution in [-0.2, 0) is 42.2 Å². The van der Waals surface area contributed by atoms with E-state index in [0.717, 1.165) is 64.2 Å². The van der Waals surface area contributed by atoms with Crippen molar-refractivity contribution >= 4 is 8.25 Å². The number of ether oxygens (including phenoxy) is 7. The lowest BCUT2D eigenvalue weighted by atomic mass is 10.1. The third-order valence-electron chi connectivity index (χ3n) is 6.73. The van der Waals surface area contributed by atoms with Crippen LogP contribution in [0.2, 0.25) is 0 Å². The highest BCUT2D eigenvalue weighted by Gasteiger charge is 2.48. The summed E-state index contributed by atoms with van der Waals surface area (Å²) >= 11 is 0. The van der Waals surface area contributed by atoms with Gasteiger partial charge in [-0.15, -0.1) is 0 Å². The van der Waals surface area contributed by atoms with Crippen LogP contribution in [0.5, 0.6) is 0 Å². The summed E-state index contributed by atoms with van der Waals surface area (Å²) in [6.07, 6.45) is 3.19. The maximum absolute atomic E-state index is 11.8. The van der Waals surface area contributed by atoms with Gasteiger partial charge in [-0.1, -0.05) is 66.7 Å². The fourth-order valence-corrected chi connectivity index (χ4v) is 4.71. The van der Waals surface area contributed by atoms with E-state index in [2.05, 4.69) is 34.6 Å². The molecule has 41 heavy (non-hydrogen) atoms. The molecule has 1 heterocycles. The first-order valence-corrected chi connectivity index (χ1v) is 17.1. The first kappa shape index (κ1) is 38.9. The van der Waals surface area contributed by atoms with E-state index >= 15 is 0 Å². The zero-order valence-electron chi connectivity index (χ0n) is 26.1. The van der Waals surface area contributed by atoms with Gasteiger partial charge in [0.25, 0.3) is 0 Å². The van der Waals surface area contributed by atoms with Gasteiger partial charge in [0.15, 0.2) is 12.6 Å². The number of aliphatic hydroxyl groups is 1. The molecule has 1 fully saturated rings. The molecule has 0 radical (unpaired) electrons. The monoisotopic (exact) mass is 614 g/mol. The zero-order chi connectivity index (χ0) is 30.3. The van der Waals surface area contributed by atoms with Gasteiger partial charge in [-0.2, -0.15) is 0 Å². The molecule has 0 amide bonds. The first-order chi connectivity index (χ1) is 19.9. The molecule has 0 aromatic carbocycles. The highest BCUT2D eigenvalue weighted by Crippen LogP contribution is 2.34. The maximum atomic E-state index is 11.8. The third kappa shape index (κ3) is 16.5. The van der Waals surface area contributed by atoms with E-state index in [4.69, 9.17) is 37.7 Å². The minimum absolute atomic E-state index is 0.0252. The minimum Gasteiger partial charge on any atom is -0.379 e. The Morgan fingerprint density at radius 1 is 0.732 bits per heavy atom. The molecule has 0 saturated carbocycles. The van der Waals surface area contributed by atoms with Gasteiger partial charge in [-0.05, 0) is 32.1 Å². The number of unbranched alkanes of at least 4 members (excludes halogenated alkanes) is 5. The lowest BCUT2D eigenvalue weighted by Crippen LogP contribution is -2.47. The molecule has 5 unspecified atom stereocenters. The Labute approximate surface area is 248 Å². The predicted octanol–water partition coefficient (Wildman–Crippen LogP) is 5.00. The Morgan fingerprint density at radius 2 is 1.29 bits per heavy atom. The molecule has 1 aliphatic rings. The third-order valence-corrected chi connectivity index (χ3v) is 7.21. The molecule has 1 rings (SSSR count). The zero-order valence-corrected chi connectivity index (χ0v) is 27.1. The van der Waals surface area contributed by atoms with Crippen LogP contribution in [0.4, 0.5) is 0 Å². The summed E-state index contributed by atoms with van der Waals surface area (Å²) in [5.74, 6) is 0. The molecular weight excluding hydrogens is 555 g/mol. The van der Waals surface area contributed by atoms with Crippen molar-refractivity contribution < 1.29 is 52.2 Å². The minimum atomic E-state index is -3.28. The summed E-state index contributed by atoms with van der Waals surface area (Å²) in [5, 5.41) is 10.9. The summed E-state index contributed by atoms with van der Waals surface area (Å²) in [5.41, 5.74) is 0. The fraction of sp³-hybridized carbons (Fsp3) is 1.00. The molecule has 0 aliphatic carbocycles. The normalized spacial score (nSPS) is 24.0. The van der Waals surface area contributed by atoms with Gasteiger partial charge in [0.1, 0.15) is 30.5 Å². The SMILES string of the molecule is CCCCOC[C@H]1O[C@@H](OCC(OCCCC)C(OCCCC)C(O)OCCCC)[C@@H](OCCCC)C1O[PH](=O)O. The van der Waals surface area contributed by atoms with Crippen LogP contribution < -0.4 is 0 Å². The molecule has 0 aromatic rings. The average Bonchev–Trinajstić information content (AvgIpc) is 3.26. The standard InChI is InChI=1S/C29H59O11P/c1-6-11-16-33-21-24-25(40-41(31)32)27(36-19-14-9-4)29(39-24)38-22-23(34-17-12-7-2)26(35-18-13-8-3)28(30)37-20-15-10-5/h23-30,41H,6-22H2,1-5H3,(H,31,32)/t23?,24-,25?,26?,27+,28?,29-/m1/s1. The van der Waals surface area contributed by atoms with Gasteiger partial charge in [-0.25, -0.2) is 0 Å². The first-order valence-electron chi connectivity index (χ1n) is 15.8. The Bertz CT molecular complexity index is 630. The van der Waals surface area contributed by atoms with E-state index in [1.807, 2.05) is 0 Å². The number of hydrogen-bond acceptors (Lipinski definition) is 10. The summed E-state index contributed by atoms with van der Waals surface area (Å²) in [4.78, 5) is 9.63. The van der Waals surface area contributed by atoms with E-state index in [1.165, 1.54) is 0 Å². The smallest absolute Gasteiger partial charge is 0.317 e. The van der Waals surface area contributed by atoms with Crippen molar-refractivity contribution in [3.8, 4) is 0 Å². The topological polar surface area (TPSA) is 131 Å². The van der Waals surface area contributed by atoms with Crippen molar-refractivity contribution in [2.45, 2.75) is 142 Å². The van der Waals surface area contributed by atoms with E-state index in [9.17, 15) is 14.6 Å². The molecule has 1 aliphatic heterocycles. The molecule has 0 bridgehead atoms. The number of aliphatic hydroxyl groups excluding tert-OH is 1. The maximum Gasteiger partial charge on any atom is 0.317 e. The molecule has 11 nitrogen and oxygen atoms in total. The van der Waals surface area contributed by atoms with Gasteiger partial charge >= 0.3 is 8.25 Å². The van der Waals surface area contributed by atoms with Crippen molar-refractivity contribution in [1.82, 2.24) is 0 Å². The molecule has 12 heteroatoms. The lowest BCUT2D eigenvalue weighted by Gasteiger charge is -2.32. The van der Waals surface area contributed by atoms with Crippen molar-refractivity contribution in [3.63, 3.8) is 0 Å². The molecule has 246 valence electrons. The molecule has 0 aromatic heterocycles. The number of rotatable bonds is 28. The van der Waals surface area contributed by atoms with Gasteiger partial charge in [0, 0.05) is 33.0 Å². The van der Waals surface area contributed by atoms with Crippen LogP contribution >= 0.6 is 8.25 Å². The Balaban J connectivity index is 3.10. The van der Waals surface area contributed by atoms with Crippen LogP contribution in [0.15, 0.2) is 0 Å². The van der Waals surface area contributed by atoms with E-state index < -0.39 is 51.4 Å². The number of hydrogen-bond donors (Lipinski definition) is 2. The van der Waals surface area contributed by atoms with E-state index in [1.54, 1.807) is 0 Å². The highest BCUT2D eigenvalue weighted by molar-refractivity contribution is 7.32. The Morgan fingerprint density at radius 3 is 1.90 bits per heavy atom. The Kier molecular flexibility index (Phi) is 23.9. The van der Waals surface area contributed by atoms with Crippen LogP contribution in [0.3, 0.4) is 0 Å². The second-order valence-electron chi connectivity index (χ2n) is 10.4. The quantitative estimate of drug-likeness (QED) is 0.0701. The second-order valence-corrected chi connectivity index (χ2v) is 11.2. The lowest BCUT2D eigenvalue weighted by molar-refractivity contribution is -0.242. The summed E-state index contributed by atoms with van der Waals surface area (Å²) < 4.78 is 59.5. The largest absolute Gasteiger partial charge is 0.379 e.